The van der Waals surface area contributed by atoms with E-state index in [4.69, 9.17) is 4.74 Å². The van der Waals surface area contributed by atoms with Crippen LogP contribution in [0.25, 0.3) is 0 Å². The highest BCUT2D eigenvalue weighted by atomic mass is 19.1. The van der Waals surface area contributed by atoms with E-state index in [0.717, 1.165) is 42.7 Å². The van der Waals surface area contributed by atoms with Gasteiger partial charge in [-0.3, -0.25) is 0 Å². The Morgan fingerprint density at radius 1 is 0.838 bits per heavy atom. The van der Waals surface area contributed by atoms with E-state index >= 15 is 0 Å². The summed E-state index contributed by atoms with van der Waals surface area (Å²) in [5, 5.41) is 7.62. The van der Waals surface area contributed by atoms with Gasteiger partial charge in [0, 0.05) is 24.3 Å². The van der Waals surface area contributed by atoms with Gasteiger partial charge in [-0.2, -0.15) is 20.1 Å². The molecule has 0 aliphatic carbocycles. The Kier molecular flexibility index (Phi) is 7.80. The van der Waals surface area contributed by atoms with Crippen molar-refractivity contribution >= 4 is 29.7 Å². The lowest BCUT2D eigenvalue weighted by atomic mass is 10.1. The van der Waals surface area contributed by atoms with Crippen LogP contribution in [0.1, 0.15) is 30.4 Å². The summed E-state index contributed by atoms with van der Waals surface area (Å²) in [6.45, 7) is 2.15. The third-order valence-corrected chi connectivity index (χ3v) is 5.89. The van der Waals surface area contributed by atoms with Crippen LogP contribution in [0.2, 0.25) is 0 Å². The molecule has 9 heteroatoms. The zero-order valence-corrected chi connectivity index (χ0v) is 20.3. The van der Waals surface area contributed by atoms with Crippen LogP contribution in [0.4, 0.5) is 27.9 Å². The predicted octanol–water partition coefficient (Wildman–Crippen LogP) is 5.77. The molecule has 4 aromatic rings. The number of nitrogens with zero attached hydrogens (tertiary/aromatic N) is 5. The van der Waals surface area contributed by atoms with E-state index in [2.05, 4.69) is 35.7 Å². The first kappa shape index (κ1) is 24.2. The van der Waals surface area contributed by atoms with Gasteiger partial charge >= 0.3 is 0 Å². The zero-order chi connectivity index (χ0) is 25.3. The molecule has 0 atom stereocenters. The highest BCUT2D eigenvalue weighted by Gasteiger charge is 2.16. The lowest BCUT2D eigenvalue weighted by Gasteiger charge is -2.26. The number of anilines is 4. The maximum absolute atomic E-state index is 13.2. The zero-order valence-electron chi connectivity index (χ0n) is 20.3. The lowest BCUT2D eigenvalue weighted by Crippen LogP contribution is -2.31. The molecule has 1 aromatic heterocycles. The summed E-state index contributed by atoms with van der Waals surface area (Å²) in [6.07, 6.45) is 5.11. The van der Waals surface area contributed by atoms with Crippen molar-refractivity contribution in [2.24, 2.45) is 5.10 Å². The van der Waals surface area contributed by atoms with Gasteiger partial charge in [0.05, 0.1) is 6.21 Å². The van der Waals surface area contributed by atoms with Gasteiger partial charge in [0.25, 0.3) is 0 Å². The third-order valence-electron chi connectivity index (χ3n) is 5.89. The Labute approximate surface area is 215 Å². The smallest absolute Gasteiger partial charge is 0.250 e. The van der Waals surface area contributed by atoms with Crippen LogP contribution in [0.3, 0.4) is 0 Å². The average Bonchev–Trinajstić information content (AvgIpc) is 2.94. The maximum atomic E-state index is 13.2. The highest BCUT2D eigenvalue weighted by molar-refractivity contribution is 5.83. The molecule has 2 heterocycles. The molecule has 0 amide bonds. The van der Waals surface area contributed by atoms with E-state index in [9.17, 15) is 4.39 Å². The standard InChI is InChI=1S/C28H28FN7O/c29-23-15-13-21(14-16-23)20-37-25-12-6-5-9-22(25)19-30-35-27-32-26(31-24-10-3-1-4-11-24)33-28(34-27)36-17-7-2-8-18-36/h1,3-6,9-16,19H,2,7-8,17-18,20H2,(H2,31,32,33,34,35)/b30-19-. The molecular weight excluding hydrogens is 469 g/mol. The van der Waals surface area contributed by atoms with Crippen LogP contribution in [0, 0.1) is 5.82 Å². The van der Waals surface area contributed by atoms with Gasteiger partial charge in [-0.1, -0.05) is 42.5 Å². The quantitative estimate of drug-likeness (QED) is 0.224. The normalized spacial score (nSPS) is 13.5. The van der Waals surface area contributed by atoms with Crippen LogP contribution < -0.4 is 20.4 Å². The highest BCUT2D eigenvalue weighted by Crippen LogP contribution is 2.21. The molecule has 5 rings (SSSR count). The minimum atomic E-state index is -0.272. The average molecular weight is 498 g/mol. The lowest BCUT2D eigenvalue weighted by molar-refractivity contribution is 0.305. The second kappa shape index (κ2) is 11.9. The number of aromatic nitrogens is 3. The van der Waals surface area contributed by atoms with Gasteiger partial charge in [0.15, 0.2) is 0 Å². The monoisotopic (exact) mass is 497 g/mol. The Morgan fingerprint density at radius 2 is 1.57 bits per heavy atom. The molecular formula is C28H28FN7O. The first-order chi connectivity index (χ1) is 18.2. The van der Waals surface area contributed by atoms with Crippen LogP contribution in [0.5, 0.6) is 5.75 Å². The third kappa shape index (κ3) is 6.78. The summed E-state index contributed by atoms with van der Waals surface area (Å²) in [7, 11) is 0. The van der Waals surface area contributed by atoms with E-state index in [1.54, 1.807) is 18.3 Å². The van der Waals surface area contributed by atoms with Crippen LogP contribution in [0.15, 0.2) is 84.0 Å². The van der Waals surface area contributed by atoms with E-state index in [-0.39, 0.29) is 5.82 Å². The van der Waals surface area contributed by atoms with Crippen LogP contribution in [-0.4, -0.2) is 34.3 Å². The van der Waals surface area contributed by atoms with Crippen molar-refractivity contribution in [3.63, 3.8) is 0 Å². The number of benzene rings is 3. The Bertz CT molecular complexity index is 1330. The Balaban J connectivity index is 1.31. The van der Waals surface area contributed by atoms with Gasteiger partial charge in [0.1, 0.15) is 18.2 Å². The van der Waals surface area contributed by atoms with Crippen molar-refractivity contribution in [3.8, 4) is 5.75 Å². The molecule has 0 unspecified atom stereocenters. The van der Waals surface area contributed by atoms with E-state index < -0.39 is 0 Å². The Hall–Kier alpha value is -4.53. The number of piperidine rings is 1. The number of halogens is 1. The van der Waals surface area contributed by atoms with E-state index in [0.29, 0.717) is 30.2 Å². The van der Waals surface area contributed by atoms with Crippen molar-refractivity contribution in [1.29, 1.82) is 0 Å². The number of ether oxygens (including phenoxy) is 1. The number of hydrogen-bond acceptors (Lipinski definition) is 8. The fourth-order valence-corrected chi connectivity index (χ4v) is 3.98. The van der Waals surface area contributed by atoms with Crippen molar-refractivity contribution in [2.45, 2.75) is 25.9 Å². The number of hydrazone groups is 1. The molecule has 0 spiro atoms. The van der Waals surface area contributed by atoms with Crippen molar-refractivity contribution in [3.05, 3.63) is 95.8 Å². The summed E-state index contributed by atoms with van der Waals surface area (Å²) in [5.41, 5.74) is 5.50. The molecule has 2 N–H and O–H groups in total. The maximum Gasteiger partial charge on any atom is 0.250 e. The van der Waals surface area contributed by atoms with Crippen molar-refractivity contribution < 1.29 is 9.13 Å². The fourth-order valence-electron chi connectivity index (χ4n) is 3.98. The fraction of sp³-hybridized carbons (Fsp3) is 0.214. The molecule has 0 radical (unpaired) electrons. The molecule has 1 aliphatic rings. The second-order valence-electron chi connectivity index (χ2n) is 8.64. The van der Waals surface area contributed by atoms with Crippen molar-refractivity contribution in [1.82, 2.24) is 15.0 Å². The first-order valence-electron chi connectivity index (χ1n) is 12.3. The summed E-state index contributed by atoms with van der Waals surface area (Å²) < 4.78 is 19.1. The molecule has 0 saturated carbocycles. The number of para-hydroxylation sites is 2. The topological polar surface area (TPSA) is 87.6 Å². The van der Waals surface area contributed by atoms with Gasteiger partial charge in [0.2, 0.25) is 17.8 Å². The molecule has 3 aromatic carbocycles. The minimum Gasteiger partial charge on any atom is -0.488 e. The van der Waals surface area contributed by atoms with Crippen LogP contribution >= 0.6 is 0 Å². The van der Waals surface area contributed by atoms with E-state index in [1.807, 2.05) is 54.6 Å². The van der Waals surface area contributed by atoms with Gasteiger partial charge < -0.3 is 15.0 Å². The number of rotatable bonds is 9. The molecule has 1 saturated heterocycles. The van der Waals surface area contributed by atoms with Crippen LogP contribution in [-0.2, 0) is 6.61 Å². The molecule has 1 fully saturated rings. The van der Waals surface area contributed by atoms with Gasteiger partial charge in [-0.15, -0.1) is 0 Å². The summed E-state index contributed by atoms with van der Waals surface area (Å²) >= 11 is 0. The summed E-state index contributed by atoms with van der Waals surface area (Å²) in [6, 6.07) is 23.6. The molecule has 8 nitrogen and oxygen atoms in total. The van der Waals surface area contributed by atoms with Gasteiger partial charge in [-0.25, -0.2) is 9.82 Å². The summed E-state index contributed by atoms with van der Waals surface area (Å²) in [5.74, 6) is 1.80. The minimum absolute atomic E-state index is 0.272. The molecule has 1 aliphatic heterocycles. The van der Waals surface area contributed by atoms with Gasteiger partial charge in [-0.05, 0) is 61.2 Å². The largest absolute Gasteiger partial charge is 0.488 e. The second-order valence-corrected chi connectivity index (χ2v) is 8.64. The van der Waals surface area contributed by atoms with Crippen molar-refractivity contribution in [2.75, 3.05) is 28.7 Å². The molecule has 0 bridgehead atoms. The first-order valence-corrected chi connectivity index (χ1v) is 12.3. The molecule has 37 heavy (non-hydrogen) atoms. The van der Waals surface area contributed by atoms with E-state index in [1.165, 1.54) is 18.6 Å². The number of nitrogens with one attached hydrogen (secondary N) is 2. The summed E-state index contributed by atoms with van der Waals surface area (Å²) in [4.78, 5) is 15.9. The molecule has 188 valence electrons. The SMILES string of the molecule is Fc1ccc(COc2ccccc2/C=N\Nc2nc(Nc3ccccc3)nc(N3CCCCC3)n2)cc1. The number of hydrogen-bond donors (Lipinski definition) is 2. The predicted molar refractivity (Wildman–Crippen MR) is 144 cm³/mol. The Morgan fingerprint density at radius 3 is 2.38 bits per heavy atom.